The second-order valence-electron chi connectivity index (χ2n) is 12.3. The lowest BCUT2D eigenvalue weighted by Crippen LogP contribution is -2.41. The summed E-state index contributed by atoms with van der Waals surface area (Å²) in [5, 5.41) is 10.0. The summed E-state index contributed by atoms with van der Waals surface area (Å²) in [6.07, 6.45) is -0.0214. The Hall–Kier alpha value is -1.93. The number of hydrogen-bond donors (Lipinski definition) is 3. The van der Waals surface area contributed by atoms with Crippen LogP contribution in [0.2, 0.25) is 0 Å². The molecule has 0 bridgehead atoms. The highest BCUT2D eigenvalue weighted by molar-refractivity contribution is 7.89. The monoisotopic (exact) mass is 607 g/mol. The van der Waals surface area contributed by atoms with E-state index in [4.69, 9.17) is 0 Å². The fourth-order valence-electron chi connectivity index (χ4n) is 4.95. The maximum atomic E-state index is 14.2. The van der Waals surface area contributed by atoms with Crippen molar-refractivity contribution in [1.82, 2.24) is 14.0 Å². The van der Waals surface area contributed by atoms with Crippen LogP contribution in [0, 0.1) is 12.8 Å². The first kappa shape index (κ1) is 32.6. The molecule has 13 heteroatoms. The zero-order chi connectivity index (χ0) is 30.3. The summed E-state index contributed by atoms with van der Waals surface area (Å²) in [5.74, 6) is 0.219. The Balaban J connectivity index is 2.20. The van der Waals surface area contributed by atoms with Crippen molar-refractivity contribution in [1.29, 1.82) is 0 Å². The highest BCUT2D eigenvalue weighted by Crippen LogP contribution is 2.39. The Labute approximate surface area is 235 Å². The van der Waals surface area contributed by atoms with Crippen LogP contribution in [0.4, 0.5) is 13.2 Å². The normalized spacial score (nSPS) is 16.4. The van der Waals surface area contributed by atoms with E-state index in [9.17, 15) is 35.1 Å². The average molecular weight is 608 g/mol. The lowest BCUT2D eigenvalue weighted by atomic mass is 9.89. The highest BCUT2D eigenvalue weighted by Gasteiger charge is 2.39. The van der Waals surface area contributed by atoms with Gasteiger partial charge in [-0.2, -0.15) is 13.2 Å². The topological polar surface area (TPSA) is 118 Å². The van der Waals surface area contributed by atoms with Crippen molar-refractivity contribution in [2.24, 2.45) is 5.92 Å². The molecule has 1 saturated carbocycles. The van der Waals surface area contributed by atoms with Gasteiger partial charge in [0.25, 0.3) is 0 Å². The molecule has 1 aliphatic carbocycles. The number of nitrogens with zero attached hydrogens (tertiary/aromatic N) is 1. The second kappa shape index (κ2) is 11.4. The minimum absolute atomic E-state index is 0.0462. The molecule has 1 aromatic carbocycles. The lowest BCUT2D eigenvalue weighted by molar-refractivity contribution is -0.139. The molecule has 0 radical (unpaired) electrons. The molecule has 0 unspecified atom stereocenters. The van der Waals surface area contributed by atoms with Crippen molar-refractivity contribution in [3.63, 3.8) is 0 Å². The molecule has 3 N–H and O–H groups in total. The van der Waals surface area contributed by atoms with Crippen LogP contribution >= 0.6 is 0 Å². The van der Waals surface area contributed by atoms with Gasteiger partial charge >= 0.3 is 6.18 Å². The average Bonchev–Trinajstić information content (AvgIpc) is 3.12. The molecule has 0 aliphatic heterocycles. The maximum absolute atomic E-state index is 14.2. The van der Waals surface area contributed by atoms with E-state index in [1.807, 2.05) is 0 Å². The maximum Gasteiger partial charge on any atom is 0.417 e. The first-order chi connectivity index (χ1) is 18.1. The Morgan fingerprint density at radius 3 is 2.05 bits per heavy atom. The van der Waals surface area contributed by atoms with E-state index < -0.39 is 47.8 Å². The van der Waals surface area contributed by atoms with Gasteiger partial charge in [-0.1, -0.05) is 25.3 Å². The third-order valence-corrected chi connectivity index (χ3v) is 10.1. The molecule has 40 heavy (non-hydrogen) atoms. The van der Waals surface area contributed by atoms with E-state index in [1.165, 1.54) is 46.8 Å². The molecule has 3 rings (SSSR count). The van der Waals surface area contributed by atoms with E-state index >= 15 is 0 Å². The van der Waals surface area contributed by atoms with Gasteiger partial charge in [0.2, 0.25) is 20.0 Å². The van der Waals surface area contributed by atoms with E-state index in [-0.39, 0.29) is 28.6 Å². The van der Waals surface area contributed by atoms with E-state index in [0.29, 0.717) is 12.2 Å². The molecule has 0 saturated heterocycles. The largest absolute Gasteiger partial charge is 0.417 e. The van der Waals surface area contributed by atoms with Crippen molar-refractivity contribution in [2.75, 3.05) is 6.54 Å². The second-order valence-corrected chi connectivity index (χ2v) is 15.7. The van der Waals surface area contributed by atoms with Gasteiger partial charge in [-0.05, 0) is 84.1 Å². The summed E-state index contributed by atoms with van der Waals surface area (Å²) in [6.45, 7) is 9.24. The minimum atomic E-state index is -4.99. The molecule has 0 amide bonds. The number of hydrogen-bond acceptors (Lipinski definition) is 5. The third-order valence-electron chi connectivity index (χ3n) is 6.78. The Kier molecular flexibility index (Phi) is 9.28. The Morgan fingerprint density at radius 1 is 0.925 bits per heavy atom. The van der Waals surface area contributed by atoms with Crippen LogP contribution in [-0.2, 0) is 32.8 Å². The summed E-state index contributed by atoms with van der Waals surface area (Å²) >= 11 is 0. The summed E-state index contributed by atoms with van der Waals surface area (Å²) in [6, 6.07) is 4.28. The Morgan fingerprint density at radius 2 is 1.52 bits per heavy atom. The number of aliphatic hydroxyl groups is 1. The van der Waals surface area contributed by atoms with Crippen molar-refractivity contribution < 1.29 is 35.1 Å². The molecular weight excluding hydrogens is 567 g/mol. The minimum Gasteiger partial charge on any atom is -0.389 e. The van der Waals surface area contributed by atoms with Gasteiger partial charge in [0.15, 0.2) is 0 Å². The number of alkyl halides is 3. The lowest BCUT2D eigenvalue weighted by Gasteiger charge is -2.25. The van der Waals surface area contributed by atoms with Gasteiger partial charge in [0, 0.05) is 30.0 Å². The van der Waals surface area contributed by atoms with Crippen LogP contribution in [0.3, 0.4) is 0 Å². The Bertz CT molecular complexity index is 1430. The quantitative estimate of drug-likeness (QED) is 0.363. The first-order valence-electron chi connectivity index (χ1n) is 13.3. The smallest absolute Gasteiger partial charge is 0.389 e. The summed E-state index contributed by atoms with van der Waals surface area (Å²) in [7, 11) is -8.64. The van der Waals surface area contributed by atoms with Crippen LogP contribution in [-0.4, -0.2) is 44.2 Å². The van der Waals surface area contributed by atoms with Gasteiger partial charge in [-0.15, -0.1) is 0 Å². The fourth-order valence-corrected chi connectivity index (χ4v) is 8.04. The van der Waals surface area contributed by atoms with E-state index in [0.717, 1.165) is 44.2 Å². The van der Waals surface area contributed by atoms with Crippen molar-refractivity contribution in [2.45, 2.75) is 107 Å². The van der Waals surface area contributed by atoms with Gasteiger partial charge in [0.05, 0.1) is 16.1 Å². The highest BCUT2D eigenvalue weighted by atomic mass is 32.2. The van der Waals surface area contributed by atoms with Crippen LogP contribution < -0.4 is 9.44 Å². The van der Waals surface area contributed by atoms with Gasteiger partial charge in [-0.3, -0.25) is 0 Å². The van der Waals surface area contributed by atoms with Gasteiger partial charge in [0.1, 0.15) is 4.90 Å². The van der Waals surface area contributed by atoms with E-state index in [2.05, 4.69) is 9.44 Å². The third kappa shape index (κ3) is 8.09. The summed E-state index contributed by atoms with van der Waals surface area (Å²) in [4.78, 5) is -1.01. The standard InChI is InChI=1S/C27H40F3N3O5S2/c1-18-24(39(35,36)31-17-26(5,6)34)15-22(33(18)16-19-10-8-7-9-11-19)20-12-13-23(21(14-20)27(28,29)30)40(37,38)32-25(2,3)4/h12-15,19,31-32,34H,7-11,16-17H2,1-6H3. The van der Waals surface area contributed by atoms with Crippen molar-refractivity contribution >= 4 is 20.0 Å². The zero-order valence-corrected chi connectivity index (χ0v) is 25.4. The van der Waals surface area contributed by atoms with Gasteiger partial charge in [-0.25, -0.2) is 26.3 Å². The number of benzene rings is 1. The van der Waals surface area contributed by atoms with Crippen molar-refractivity contribution in [3.8, 4) is 11.3 Å². The predicted molar refractivity (Wildman–Crippen MR) is 148 cm³/mol. The van der Waals surface area contributed by atoms with Crippen LogP contribution in [0.15, 0.2) is 34.1 Å². The van der Waals surface area contributed by atoms with Crippen LogP contribution in [0.25, 0.3) is 11.3 Å². The number of rotatable bonds is 9. The zero-order valence-electron chi connectivity index (χ0n) is 23.8. The predicted octanol–water partition coefficient (Wildman–Crippen LogP) is 5.19. The van der Waals surface area contributed by atoms with E-state index in [1.54, 1.807) is 11.5 Å². The SMILES string of the molecule is Cc1c(S(=O)(=O)NCC(C)(C)O)cc(-c2ccc(S(=O)(=O)NC(C)(C)C)c(C(F)(F)F)c2)n1CC1CCCCC1. The molecule has 8 nitrogen and oxygen atoms in total. The summed E-state index contributed by atoms with van der Waals surface area (Å²) in [5.41, 5.74) is -3.03. The number of aromatic nitrogens is 1. The molecule has 1 aromatic heterocycles. The van der Waals surface area contributed by atoms with Gasteiger partial charge < -0.3 is 9.67 Å². The number of halogens is 3. The first-order valence-corrected chi connectivity index (χ1v) is 16.3. The number of sulfonamides is 2. The molecule has 1 aliphatic rings. The van der Waals surface area contributed by atoms with Crippen LogP contribution in [0.1, 0.15) is 78.0 Å². The molecule has 1 fully saturated rings. The molecule has 0 atom stereocenters. The molecule has 226 valence electrons. The summed E-state index contributed by atoms with van der Waals surface area (Å²) < 4.78 is 101. The molecule has 1 heterocycles. The molecule has 2 aromatic rings. The fraction of sp³-hybridized carbons (Fsp3) is 0.630. The number of nitrogens with one attached hydrogen (secondary N) is 2. The molecular formula is C27H40F3N3O5S2. The van der Waals surface area contributed by atoms with Crippen LogP contribution in [0.5, 0.6) is 0 Å². The van der Waals surface area contributed by atoms with Crippen molar-refractivity contribution in [3.05, 3.63) is 35.5 Å². The molecule has 0 spiro atoms.